The van der Waals surface area contributed by atoms with E-state index in [1.807, 2.05) is 19.9 Å². The monoisotopic (exact) mass is 201 g/mol. The lowest BCUT2D eigenvalue weighted by atomic mass is 10.1. The van der Waals surface area contributed by atoms with E-state index in [9.17, 15) is 4.79 Å². The molecule has 2 rings (SSSR count). The Hall–Kier alpha value is -1.97. The summed E-state index contributed by atoms with van der Waals surface area (Å²) in [5.41, 5.74) is 3.40. The topological polar surface area (TPSA) is 58.6 Å². The fourth-order valence-electron chi connectivity index (χ4n) is 1.48. The summed E-state index contributed by atoms with van der Waals surface area (Å²) in [6.07, 6.45) is 4.02. The summed E-state index contributed by atoms with van der Waals surface area (Å²) >= 11 is 0. The van der Waals surface area contributed by atoms with E-state index in [4.69, 9.17) is 0 Å². The van der Waals surface area contributed by atoms with Gasteiger partial charge in [-0.05, 0) is 25.0 Å². The van der Waals surface area contributed by atoms with Gasteiger partial charge in [0.2, 0.25) is 0 Å². The second-order valence-corrected chi connectivity index (χ2v) is 3.48. The molecule has 0 radical (unpaired) electrons. The Kier molecular flexibility index (Phi) is 2.33. The largest absolute Gasteiger partial charge is 0.334 e. The Labute approximate surface area is 87.4 Å². The van der Waals surface area contributed by atoms with Gasteiger partial charge in [0.05, 0.1) is 11.9 Å². The third kappa shape index (κ3) is 1.79. The normalized spacial score (nSPS) is 10.3. The second kappa shape index (κ2) is 3.65. The van der Waals surface area contributed by atoms with Crippen LogP contribution in [-0.4, -0.2) is 21.2 Å². The Bertz CT molecular complexity index is 502. The van der Waals surface area contributed by atoms with Crippen LogP contribution < -0.4 is 0 Å². The van der Waals surface area contributed by atoms with Gasteiger partial charge >= 0.3 is 0 Å². The van der Waals surface area contributed by atoms with Crippen LogP contribution in [0.4, 0.5) is 0 Å². The summed E-state index contributed by atoms with van der Waals surface area (Å²) in [5.74, 6) is 0.634. The number of rotatable bonds is 2. The SMILES string of the molecule is Cc1cnc(-c2ncc(C=O)[nH]2)c(C)c1. The number of nitrogens with zero attached hydrogens (tertiary/aromatic N) is 2. The lowest BCUT2D eigenvalue weighted by molar-refractivity contribution is 0.111. The number of aryl methyl sites for hydroxylation is 2. The highest BCUT2D eigenvalue weighted by Crippen LogP contribution is 2.17. The molecule has 0 unspecified atom stereocenters. The lowest BCUT2D eigenvalue weighted by Gasteiger charge is -2.01. The standard InChI is InChI=1S/C11H11N3O/c1-7-3-8(2)10(12-4-7)11-13-5-9(6-15)14-11/h3-6H,1-2H3,(H,13,14). The van der Waals surface area contributed by atoms with Gasteiger partial charge < -0.3 is 4.98 Å². The van der Waals surface area contributed by atoms with Gasteiger partial charge in [0.15, 0.2) is 12.1 Å². The maximum absolute atomic E-state index is 10.5. The third-order valence-electron chi connectivity index (χ3n) is 2.16. The van der Waals surface area contributed by atoms with Crippen molar-refractivity contribution in [1.29, 1.82) is 0 Å². The number of imidazole rings is 1. The number of carbonyl (C=O) groups excluding carboxylic acids is 1. The highest BCUT2D eigenvalue weighted by molar-refractivity contribution is 5.73. The van der Waals surface area contributed by atoms with Crippen LogP contribution in [0.3, 0.4) is 0 Å². The smallest absolute Gasteiger partial charge is 0.167 e. The third-order valence-corrected chi connectivity index (χ3v) is 2.16. The molecule has 0 aliphatic carbocycles. The molecular formula is C11H11N3O. The molecule has 0 atom stereocenters. The summed E-state index contributed by atoms with van der Waals surface area (Å²) in [4.78, 5) is 21.8. The minimum Gasteiger partial charge on any atom is -0.334 e. The van der Waals surface area contributed by atoms with E-state index >= 15 is 0 Å². The van der Waals surface area contributed by atoms with Crippen molar-refractivity contribution in [3.05, 3.63) is 35.3 Å². The van der Waals surface area contributed by atoms with Crippen molar-refractivity contribution < 1.29 is 4.79 Å². The van der Waals surface area contributed by atoms with Crippen LogP contribution in [0.1, 0.15) is 21.6 Å². The van der Waals surface area contributed by atoms with Gasteiger partial charge in [0, 0.05) is 6.20 Å². The summed E-state index contributed by atoms with van der Waals surface area (Å²) in [5, 5.41) is 0. The first kappa shape index (κ1) is 9.58. The van der Waals surface area contributed by atoms with Crippen molar-refractivity contribution in [2.45, 2.75) is 13.8 Å². The van der Waals surface area contributed by atoms with Gasteiger partial charge in [0.1, 0.15) is 5.69 Å². The van der Waals surface area contributed by atoms with Crippen molar-refractivity contribution in [1.82, 2.24) is 15.0 Å². The summed E-state index contributed by atoms with van der Waals surface area (Å²) in [6.45, 7) is 3.96. The number of pyridine rings is 1. The summed E-state index contributed by atoms with van der Waals surface area (Å²) < 4.78 is 0. The van der Waals surface area contributed by atoms with Crippen molar-refractivity contribution in [3.63, 3.8) is 0 Å². The van der Waals surface area contributed by atoms with Gasteiger partial charge in [0.25, 0.3) is 0 Å². The number of H-pyrrole nitrogens is 1. The molecule has 2 aromatic rings. The predicted octanol–water partition coefficient (Wildman–Crippen LogP) is 1.90. The number of aromatic amines is 1. The molecule has 0 amide bonds. The first-order chi connectivity index (χ1) is 7.20. The molecule has 1 N–H and O–H groups in total. The van der Waals surface area contributed by atoms with E-state index in [1.54, 1.807) is 6.20 Å². The first-order valence-electron chi connectivity index (χ1n) is 4.64. The zero-order valence-corrected chi connectivity index (χ0v) is 8.61. The Morgan fingerprint density at radius 1 is 1.27 bits per heavy atom. The van der Waals surface area contributed by atoms with Crippen LogP contribution in [-0.2, 0) is 0 Å². The van der Waals surface area contributed by atoms with Crippen LogP contribution in [0.15, 0.2) is 18.5 Å². The van der Waals surface area contributed by atoms with Crippen molar-refractivity contribution >= 4 is 6.29 Å². The number of aromatic nitrogens is 3. The van der Waals surface area contributed by atoms with Crippen LogP contribution in [0.2, 0.25) is 0 Å². The van der Waals surface area contributed by atoms with Crippen molar-refractivity contribution in [2.24, 2.45) is 0 Å². The van der Waals surface area contributed by atoms with Crippen molar-refractivity contribution in [3.8, 4) is 11.5 Å². The number of carbonyl (C=O) groups is 1. The molecule has 0 aliphatic rings. The lowest BCUT2D eigenvalue weighted by Crippen LogP contribution is -1.91. The number of nitrogens with one attached hydrogen (secondary N) is 1. The van der Waals surface area contributed by atoms with E-state index < -0.39 is 0 Å². The van der Waals surface area contributed by atoms with Crippen LogP contribution in [0.25, 0.3) is 11.5 Å². The Morgan fingerprint density at radius 3 is 2.67 bits per heavy atom. The van der Waals surface area contributed by atoms with Crippen LogP contribution >= 0.6 is 0 Å². The molecule has 0 saturated carbocycles. The Balaban J connectivity index is 2.49. The zero-order chi connectivity index (χ0) is 10.8. The molecule has 0 aromatic carbocycles. The maximum Gasteiger partial charge on any atom is 0.167 e. The predicted molar refractivity (Wildman–Crippen MR) is 56.7 cm³/mol. The van der Waals surface area contributed by atoms with E-state index in [0.717, 1.165) is 23.1 Å². The van der Waals surface area contributed by atoms with E-state index in [1.165, 1.54) is 6.20 Å². The van der Waals surface area contributed by atoms with E-state index in [0.29, 0.717) is 11.5 Å². The van der Waals surface area contributed by atoms with E-state index in [-0.39, 0.29) is 0 Å². The van der Waals surface area contributed by atoms with Crippen molar-refractivity contribution in [2.75, 3.05) is 0 Å². The molecule has 0 aliphatic heterocycles. The van der Waals surface area contributed by atoms with E-state index in [2.05, 4.69) is 15.0 Å². The maximum atomic E-state index is 10.5. The van der Waals surface area contributed by atoms with Gasteiger partial charge in [-0.1, -0.05) is 6.07 Å². The molecular weight excluding hydrogens is 190 g/mol. The number of hydrogen-bond acceptors (Lipinski definition) is 3. The molecule has 2 aromatic heterocycles. The first-order valence-corrected chi connectivity index (χ1v) is 4.64. The number of aldehydes is 1. The average molecular weight is 201 g/mol. The van der Waals surface area contributed by atoms with Gasteiger partial charge in [-0.15, -0.1) is 0 Å². The molecule has 15 heavy (non-hydrogen) atoms. The molecule has 0 bridgehead atoms. The molecule has 76 valence electrons. The zero-order valence-electron chi connectivity index (χ0n) is 8.61. The van der Waals surface area contributed by atoms with Gasteiger partial charge in [-0.2, -0.15) is 0 Å². The highest BCUT2D eigenvalue weighted by atomic mass is 16.1. The number of hydrogen-bond donors (Lipinski definition) is 1. The fourth-order valence-corrected chi connectivity index (χ4v) is 1.48. The van der Waals surface area contributed by atoms with Crippen LogP contribution in [0.5, 0.6) is 0 Å². The van der Waals surface area contributed by atoms with Gasteiger partial charge in [-0.3, -0.25) is 9.78 Å². The molecule has 0 fully saturated rings. The minimum atomic E-state index is 0.465. The minimum absolute atomic E-state index is 0.465. The van der Waals surface area contributed by atoms with Crippen LogP contribution in [0, 0.1) is 13.8 Å². The highest BCUT2D eigenvalue weighted by Gasteiger charge is 2.07. The summed E-state index contributed by atoms with van der Waals surface area (Å²) in [7, 11) is 0. The Morgan fingerprint density at radius 2 is 2.07 bits per heavy atom. The molecule has 4 heteroatoms. The fraction of sp³-hybridized carbons (Fsp3) is 0.182. The molecule has 0 saturated heterocycles. The molecule has 2 heterocycles. The van der Waals surface area contributed by atoms with Gasteiger partial charge in [-0.25, -0.2) is 4.98 Å². The molecule has 0 spiro atoms. The summed E-state index contributed by atoms with van der Waals surface area (Å²) in [6, 6.07) is 2.03. The second-order valence-electron chi connectivity index (χ2n) is 3.48. The average Bonchev–Trinajstić information content (AvgIpc) is 2.66. The molecule has 4 nitrogen and oxygen atoms in total. The quantitative estimate of drug-likeness (QED) is 0.755.